The van der Waals surface area contributed by atoms with Crippen molar-refractivity contribution in [3.8, 4) is 0 Å². The van der Waals surface area contributed by atoms with Gasteiger partial charge >= 0.3 is 0 Å². The third kappa shape index (κ3) is 1.28. The average Bonchev–Trinajstić information content (AvgIpc) is 2.67. The van der Waals surface area contributed by atoms with Gasteiger partial charge in [0.15, 0.2) is 0 Å². The van der Waals surface area contributed by atoms with E-state index in [1.807, 2.05) is 35.2 Å². The molecule has 1 aromatic carbocycles. The molecule has 2 nitrogen and oxygen atoms in total. The minimum Gasteiger partial charge on any atom is -0.361 e. The molecule has 0 unspecified atom stereocenters. The number of benzene rings is 1. The summed E-state index contributed by atoms with van der Waals surface area (Å²) in [6.45, 7) is -1.68. The Morgan fingerprint density at radius 2 is 2.08 bits per heavy atom. The quantitative estimate of drug-likeness (QED) is 0.623. The van der Waals surface area contributed by atoms with Crippen molar-refractivity contribution < 1.29 is 4.11 Å². The lowest BCUT2D eigenvalue weighted by Gasteiger charge is -2.17. The van der Waals surface area contributed by atoms with Gasteiger partial charge in [0.2, 0.25) is 0 Å². The first-order valence-electron chi connectivity index (χ1n) is 5.34. The number of rotatable bonds is 1. The Labute approximate surface area is 76.9 Å². The van der Waals surface area contributed by atoms with Crippen LogP contribution >= 0.6 is 0 Å². The molecule has 0 fully saturated rings. The Morgan fingerprint density at radius 3 is 2.75 bits per heavy atom. The predicted octanol–water partition coefficient (Wildman–Crippen LogP) is 1.87. The molecule has 0 amide bonds. The lowest BCUT2D eigenvalue weighted by atomic mass is 10.3. The summed E-state index contributed by atoms with van der Waals surface area (Å²) in [5.41, 5.74) is 1.00. The Balaban J connectivity index is 2.10. The fourth-order valence-corrected chi connectivity index (χ4v) is 1.21. The van der Waals surface area contributed by atoms with Gasteiger partial charge in [-0.25, -0.2) is 0 Å². The fourth-order valence-electron chi connectivity index (χ4n) is 1.21. The van der Waals surface area contributed by atoms with Crippen molar-refractivity contribution in [2.24, 2.45) is 0 Å². The smallest absolute Gasteiger partial charge is 0.0938 e. The summed E-state index contributed by atoms with van der Waals surface area (Å²) < 4.78 is 21.8. The van der Waals surface area contributed by atoms with Crippen molar-refractivity contribution in [1.82, 2.24) is 4.90 Å². The maximum Gasteiger partial charge on any atom is 0.0938 e. The molecule has 0 saturated heterocycles. The molecule has 0 aromatic heterocycles. The molecule has 1 aromatic rings. The molecule has 2 rings (SSSR count). The monoisotopic (exact) mass is 163 g/mol. The molecule has 2 heteroatoms. The number of hydrogen-bond acceptors (Lipinski definition) is 2. The number of anilines is 1. The van der Waals surface area contributed by atoms with E-state index in [0.717, 1.165) is 5.69 Å². The van der Waals surface area contributed by atoms with Crippen LogP contribution in [0.2, 0.25) is 0 Å². The average molecular weight is 163 g/mol. The third-order valence-corrected chi connectivity index (χ3v) is 1.82. The van der Waals surface area contributed by atoms with Crippen LogP contribution in [0.4, 0.5) is 5.69 Å². The number of para-hydroxylation sites is 1. The third-order valence-electron chi connectivity index (χ3n) is 1.82. The van der Waals surface area contributed by atoms with Gasteiger partial charge in [0.1, 0.15) is 0 Å². The number of nitrogens with zero attached hydrogens (tertiary/aromatic N) is 2. The summed E-state index contributed by atoms with van der Waals surface area (Å²) >= 11 is 0. The van der Waals surface area contributed by atoms with Crippen LogP contribution in [0, 0.1) is 0 Å². The highest BCUT2D eigenvalue weighted by Crippen LogP contribution is 2.16. The van der Waals surface area contributed by atoms with Gasteiger partial charge in [-0.15, -0.1) is 0 Å². The highest BCUT2D eigenvalue weighted by molar-refractivity contribution is 5.49. The molecule has 0 bridgehead atoms. The molecule has 0 spiro atoms. The van der Waals surface area contributed by atoms with Crippen LogP contribution in [0.3, 0.4) is 0 Å². The normalized spacial score (nSPS) is 20.5. The van der Waals surface area contributed by atoms with Crippen LogP contribution in [0.5, 0.6) is 0 Å². The summed E-state index contributed by atoms with van der Waals surface area (Å²) in [5.74, 6) is 0. The van der Waals surface area contributed by atoms with Crippen molar-refractivity contribution in [3.05, 3.63) is 42.7 Å². The van der Waals surface area contributed by atoms with Crippen LogP contribution in [0.15, 0.2) is 42.7 Å². The van der Waals surface area contributed by atoms with Gasteiger partial charge in [-0.2, -0.15) is 0 Å². The first-order chi connectivity index (χ1) is 7.07. The summed E-state index contributed by atoms with van der Waals surface area (Å²) in [6, 6.07) is 9.70. The number of hydrogen-bond donors (Lipinski definition) is 0. The second-order valence-electron chi connectivity index (χ2n) is 2.71. The van der Waals surface area contributed by atoms with Crippen molar-refractivity contribution >= 4 is 5.69 Å². The van der Waals surface area contributed by atoms with Gasteiger partial charge in [0, 0.05) is 29.2 Å². The maximum absolute atomic E-state index is 7.26. The zero-order valence-corrected chi connectivity index (χ0v) is 6.64. The van der Waals surface area contributed by atoms with E-state index in [1.165, 1.54) is 4.90 Å². The molecule has 1 heterocycles. The minimum atomic E-state index is -2.06. The highest BCUT2D eigenvalue weighted by Gasteiger charge is 2.08. The van der Waals surface area contributed by atoms with Crippen molar-refractivity contribution in [1.29, 1.82) is 0 Å². The van der Waals surface area contributed by atoms with E-state index in [1.54, 1.807) is 12.4 Å². The summed E-state index contributed by atoms with van der Waals surface area (Å²) in [5, 5.41) is 0. The molecule has 0 radical (unpaired) electrons. The lowest BCUT2D eigenvalue weighted by molar-refractivity contribution is 0.496. The van der Waals surface area contributed by atoms with Crippen LogP contribution < -0.4 is 4.90 Å². The molecule has 1 aliphatic rings. The van der Waals surface area contributed by atoms with E-state index >= 15 is 0 Å². The maximum atomic E-state index is 7.26. The Hall–Kier alpha value is -1.44. The van der Waals surface area contributed by atoms with E-state index in [9.17, 15) is 0 Å². The van der Waals surface area contributed by atoms with Crippen molar-refractivity contribution in [3.63, 3.8) is 0 Å². The zero-order valence-electron chi connectivity index (χ0n) is 9.64. The standard InChI is InChI=1S/C10H12N2/c1-11-7-8-12(9-11)10-5-3-2-4-6-10/h2-8H,9H2,1H3/i1D3. The molecule has 62 valence electrons. The largest absolute Gasteiger partial charge is 0.361 e. The van der Waals surface area contributed by atoms with Gasteiger partial charge in [-0.1, -0.05) is 18.2 Å². The molecule has 0 aliphatic carbocycles. The van der Waals surface area contributed by atoms with E-state index in [-0.39, 0.29) is 0 Å². The Morgan fingerprint density at radius 1 is 1.25 bits per heavy atom. The first kappa shape index (κ1) is 4.55. The second kappa shape index (κ2) is 2.89. The summed E-state index contributed by atoms with van der Waals surface area (Å²) in [7, 11) is 0. The van der Waals surface area contributed by atoms with Gasteiger partial charge in [0.25, 0.3) is 0 Å². The van der Waals surface area contributed by atoms with E-state index in [0.29, 0.717) is 6.67 Å². The van der Waals surface area contributed by atoms with Gasteiger partial charge in [-0.05, 0) is 12.1 Å². The van der Waals surface area contributed by atoms with Gasteiger partial charge in [0.05, 0.1) is 6.67 Å². The summed E-state index contributed by atoms with van der Waals surface area (Å²) in [4.78, 5) is 3.23. The molecule has 0 saturated carbocycles. The lowest BCUT2D eigenvalue weighted by Crippen LogP contribution is -2.21. The first-order valence-corrected chi connectivity index (χ1v) is 3.84. The fraction of sp³-hybridized carbons (Fsp3) is 0.200. The van der Waals surface area contributed by atoms with E-state index in [4.69, 9.17) is 4.11 Å². The Kier molecular flexibility index (Phi) is 1.10. The van der Waals surface area contributed by atoms with Crippen molar-refractivity contribution in [2.75, 3.05) is 18.5 Å². The van der Waals surface area contributed by atoms with Crippen LogP contribution in [0.1, 0.15) is 4.11 Å². The van der Waals surface area contributed by atoms with Gasteiger partial charge < -0.3 is 9.80 Å². The predicted molar refractivity (Wildman–Crippen MR) is 50.7 cm³/mol. The molecule has 12 heavy (non-hydrogen) atoms. The molecular formula is C10H12N2. The van der Waals surface area contributed by atoms with Gasteiger partial charge in [-0.3, -0.25) is 0 Å². The molecular weight excluding hydrogens is 148 g/mol. The topological polar surface area (TPSA) is 6.48 Å². The highest BCUT2D eigenvalue weighted by atomic mass is 15.3. The van der Waals surface area contributed by atoms with E-state index in [2.05, 4.69) is 0 Å². The molecule has 1 aliphatic heterocycles. The molecule has 0 atom stereocenters. The SMILES string of the molecule is [2H]C([2H])([2H])N1C=CN(c2ccccc2)C1. The Bertz CT molecular complexity index is 359. The van der Waals surface area contributed by atoms with E-state index < -0.39 is 6.98 Å². The summed E-state index contributed by atoms with van der Waals surface area (Å²) in [6.07, 6.45) is 3.38. The second-order valence-corrected chi connectivity index (χ2v) is 2.71. The van der Waals surface area contributed by atoms with Crippen LogP contribution in [0.25, 0.3) is 0 Å². The van der Waals surface area contributed by atoms with Crippen LogP contribution in [-0.2, 0) is 0 Å². The zero-order chi connectivity index (χ0) is 10.9. The van der Waals surface area contributed by atoms with Crippen molar-refractivity contribution in [2.45, 2.75) is 0 Å². The molecule has 0 N–H and O–H groups in total. The van der Waals surface area contributed by atoms with Crippen LogP contribution in [-0.4, -0.2) is 18.5 Å². The minimum absolute atomic E-state index is 0.376.